The van der Waals surface area contributed by atoms with E-state index in [0.29, 0.717) is 16.9 Å². The monoisotopic (exact) mass is 419 g/mol. The van der Waals surface area contributed by atoms with Crippen LogP contribution in [0.2, 0.25) is 0 Å². The Morgan fingerprint density at radius 2 is 1.30 bits per heavy atom. The van der Waals surface area contributed by atoms with Crippen LogP contribution in [-0.2, 0) is 11.6 Å². The first-order valence-electron chi connectivity index (χ1n) is 9.35. The highest BCUT2D eigenvalue weighted by Gasteiger charge is 2.83. The quantitative estimate of drug-likeness (QED) is 0.412. The van der Waals surface area contributed by atoms with E-state index in [-0.39, 0.29) is 5.56 Å². The Morgan fingerprint density at radius 3 is 1.90 bits per heavy atom. The third-order valence-corrected chi connectivity index (χ3v) is 6.17. The van der Waals surface area contributed by atoms with Crippen LogP contribution in [0.3, 0.4) is 0 Å². The summed E-state index contributed by atoms with van der Waals surface area (Å²) < 4.78 is 82.5. The second-order valence-corrected chi connectivity index (χ2v) is 7.63. The SMILES string of the molecule is FC(F)(F)c1ccc(N2c3ccccc3[C@H]3[C@@H]2[C@]3(c2ccccc2)C(F)(F)F)cc1. The van der Waals surface area contributed by atoms with Gasteiger partial charge in [0.2, 0.25) is 0 Å². The molecule has 3 aromatic rings. The molecule has 1 aliphatic carbocycles. The van der Waals surface area contributed by atoms with Gasteiger partial charge < -0.3 is 4.90 Å². The predicted octanol–water partition coefficient (Wildman–Crippen LogP) is 6.82. The molecule has 0 amide bonds. The lowest BCUT2D eigenvalue weighted by Crippen LogP contribution is -2.39. The lowest BCUT2D eigenvalue weighted by molar-refractivity contribution is -0.163. The summed E-state index contributed by atoms with van der Waals surface area (Å²) in [5, 5.41) is 0. The molecule has 3 atom stereocenters. The average Bonchev–Trinajstić information content (AvgIpc) is 3.29. The highest BCUT2D eigenvalue weighted by molar-refractivity contribution is 5.80. The number of hydrogen-bond acceptors (Lipinski definition) is 1. The molecule has 0 aromatic heterocycles. The fraction of sp³-hybridized carbons (Fsp3) is 0.217. The molecule has 0 saturated heterocycles. The number of anilines is 2. The highest BCUT2D eigenvalue weighted by Crippen LogP contribution is 2.75. The van der Waals surface area contributed by atoms with Crippen molar-refractivity contribution in [2.24, 2.45) is 0 Å². The summed E-state index contributed by atoms with van der Waals surface area (Å²) >= 11 is 0. The Balaban J connectivity index is 1.68. The molecule has 1 heterocycles. The van der Waals surface area contributed by atoms with Gasteiger partial charge in [-0.3, -0.25) is 0 Å². The largest absolute Gasteiger partial charge is 0.416 e. The molecule has 0 spiro atoms. The Bertz CT molecular complexity index is 1090. The van der Waals surface area contributed by atoms with Crippen LogP contribution in [-0.4, -0.2) is 12.2 Å². The fourth-order valence-corrected chi connectivity index (χ4v) is 4.94. The molecule has 0 radical (unpaired) electrons. The molecular weight excluding hydrogens is 404 g/mol. The van der Waals surface area contributed by atoms with Crippen molar-refractivity contribution < 1.29 is 26.3 Å². The smallest absolute Gasteiger partial charge is 0.336 e. The van der Waals surface area contributed by atoms with Crippen molar-refractivity contribution in [1.29, 1.82) is 0 Å². The highest BCUT2D eigenvalue weighted by atomic mass is 19.4. The van der Waals surface area contributed by atoms with Gasteiger partial charge in [-0.25, -0.2) is 0 Å². The van der Waals surface area contributed by atoms with Gasteiger partial charge in [-0.2, -0.15) is 26.3 Å². The van der Waals surface area contributed by atoms with E-state index >= 15 is 0 Å². The van der Waals surface area contributed by atoms with E-state index in [1.807, 2.05) is 0 Å². The maximum atomic E-state index is 14.5. The Morgan fingerprint density at radius 1 is 0.700 bits per heavy atom. The second-order valence-electron chi connectivity index (χ2n) is 7.63. The molecule has 3 aromatic carbocycles. The van der Waals surface area contributed by atoms with E-state index in [2.05, 4.69) is 0 Å². The number of alkyl halides is 6. The van der Waals surface area contributed by atoms with Crippen LogP contribution in [0, 0.1) is 0 Å². The van der Waals surface area contributed by atoms with E-state index in [0.717, 1.165) is 12.1 Å². The van der Waals surface area contributed by atoms with Crippen LogP contribution in [0.15, 0.2) is 78.9 Å². The van der Waals surface area contributed by atoms with E-state index in [4.69, 9.17) is 0 Å². The standard InChI is InChI=1S/C23H15F6N/c24-22(25,26)15-10-12-16(13-11-15)30-18-9-5-4-8-17(18)19-20(30)21(19,23(27,28)29)14-6-2-1-3-7-14/h1-13,19-20H/t19-,20+,21+/m0/s1. The number of rotatable bonds is 2. The van der Waals surface area contributed by atoms with E-state index in [1.165, 1.54) is 24.3 Å². The topological polar surface area (TPSA) is 3.24 Å². The van der Waals surface area contributed by atoms with Crippen molar-refractivity contribution in [2.75, 3.05) is 4.90 Å². The summed E-state index contributed by atoms with van der Waals surface area (Å²) in [6.45, 7) is 0. The third kappa shape index (κ3) is 2.44. The molecular formula is C23H15F6N. The van der Waals surface area contributed by atoms with Crippen LogP contribution in [0.1, 0.15) is 22.6 Å². The molecule has 7 heteroatoms. The van der Waals surface area contributed by atoms with Crippen LogP contribution >= 0.6 is 0 Å². The molecule has 2 aliphatic rings. The van der Waals surface area contributed by atoms with Crippen molar-refractivity contribution >= 4 is 11.4 Å². The summed E-state index contributed by atoms with van der Waals surface area (Å²) in [6.07, 6.45) is -9.04. The van der Waals surface area contributed by atoms with Gasteiger partial charge in [0.15, 0.2) is 0 Å². The number of fused-ring (bicyclic) bond motifs is 3. The fourth-order valence-electron chi connectivity index (χ4n) is 4.94. The molecule has 1 saturated carbocycles. The third-order valence-electron chi connectivity index (χ3n) is 6.17. The minimum atomic E-state index is -4.53. The summed E-state index contributed by atoms with van der Waals surface area (Å²) in [4.78, 5) is 1.54. The summed E-state index contributed by atoms with van der Waals surface area (Å²) in [6, 6.07) is 17.9. The summed E-state index contributed by atoms with van der Waals surface area (Å²) in [5.74, 6) is -0.821. The number of para-hydroxylation sites is 1. The van der Waals surface area contributed by atoms with Crippen LogP contribution in [0.4, 0.5) is 37.7 Å². The Hall–Kier alpha value is -2.96. The van der Waals surface area contributed by atoms with Gasteiger partial charge in [0.25, 0.3) is 0 Å². The van der Waals surface area contributed by atoms with Crippen molar-refractivity contribution in [1.82, 2.24) is 0 Å². The van der Waals surface area contributed by atoms with E-state index < -0.39 is 35.3 Å². The summed E-state index contributed by atoms with van der Waals surface area (Å²) in [7, 11) is 0. The van der Waals surface area contributed by atoms with Crippen LogP contribution < -0.4 is 4.90 Å². The number of nitrogens with zero attached hydrogens (tertiary/aromatic N) is 1. The van der Waals surface area contributed by atoms with Gasteiger partial charge in [0.05, 0.1) is 11.6 Å². The number of halogens is 6. The zero-order valence-electron chi connectivity index (χ0n) is 15.4. The van der Waals surface area contributed by atoms with Crippen molar-refractivity contribution in [3.05, 3.63) is 95.6 Å². The first-order valence-corrected chi connectivity index (χ1v) is 9.35. The van der Waals surface area contributed by atoms with Crippen molar-refractivity contribution in [3.63, 3.8) is 0 Å². The van der Waals surface area contributed by atoms with E-state index in [9.17, 15) is 26.3 Å². The maximum absolute atomic E-state index is 14.5. The first kappa shape index (κ1) is 19.0. The Labute approximate surface area is 168 Å². The lowest BCUT2D eigenvalue weighted by atomic mass is 9.87. The zero-order chi connectivity index (χ0) is 21.3. The van der Waals surface area contributed by atoms with Gasteiger partial charge in [0.1, 0.15) is 5.41 Å². The van der Waals surface area contributed by atoms with Crippen LogP contribution in [0.5, 0.6) is 0 Å². The Kier molecular flexibility index (Phi) is 3.82. The molecule has 30 heavy (non-hydrogen) atoms. The zero-order valence-corrected chi connectivity index (χ0v) is 15.4. The van der Waals surface area contributed by atoms with Gasteiger partial charge in [0, 0.05) is 17.3 Å². The number of benzene rings is 3. The van der Waals surface area contributed by atoms with Gasteiger partial charge in [-0.15, -0.1) is 0 Å². The minimum absolute atomic E-state index is 0.166. The van der Waals surface area contributed by atoms with Gasteiger partial charge >= 0.3 is 12.4 Å². The molecule has 0 unspecified atom stereocenters. The molecule has 1 fully saturated rings. The minimum Gasteiger partial charge on any atom is -0.336 e. The molecule has 154 valence electrons. The molecule has 1 nitrogen and oxygen atoms in total. The summed E-state index contributed by atoms with van der Waals surface area (Å²) in [5.41, 5.74) is -1.31. The second kappa shape index (κ2) is 6.03. The normalized spacial score (nSPS) is 25.1. The van der Waals surface area contributed by atoms with Crippen LogP contribution in [0.25, 0.3) is 0 Å². The number of hydrogen-bond donors (Lipinski definition) is 0. The molecule has 0 N–H and O–H groups in total. The van der Waals surface area contributed by atoms with E-state index in [1.54, 1.807) is 47.4 Å². The van der Waals surface area contributed by atoms with Gasteiger partial charge in [-0.05, 0) is 41.5 Å². The predicted molar refractivity (Wildman–Crippen MR) is 101 cm³/mol. The van der Waals surface area contributed by atoms with Gasteiger partial charge in [-0.1, -0.05) is 48.5 Å². The lowest BCUT2D eigenvalue weighted by Gasteiger charge is -2.32. The first-order chi connectivity index (χ1) is 14.2. The van der Waals surface area contributed by atoms with Crippen molar-refractivity contribution in [3.8, 4) is 0 Å². The molecule has 5 rings (SSSR count). The van der Waals surface area contributed by atoms with Crippen molar-refractivity contribution in [2.45, 2.75) is 29.7 Å². The average molecular weight is 419 g/mol. The molecule has 1 aliphatic heterocycles. The molecule has 0 bridgehead atoms. The maximum Gasteiger partial charge on any atom is 0.416 e.